The predicted molar refractivity (Wildman–Crippen MR) is 23.7 cm³/mol. The number of hydrogen-bond acceptors (Lipinski definition) is 2. The average molecular weight is 97.1 g/mol. The minimum Gasteiger partial charge on any atom is -0.262 e. The van der Waals surface area contributed by atoms with Crippen LogP contribution in [-0.2, 0) is 4.79 Å². The highest BCUT2D eigenvalue weighted by molar-refractivity contribution is 5.50. The molecule has 0 aromatic carbocycles. The smallest absolute Gasteiger partial charge is 0.262 e. The second-order valence-electron chi connectivity index (χ2n) is 0.936. The zero-order valence-corrected chi connectivity index (χ0v) is 4.01. The van der Waals surface area contributed by atoms with Gasteiger partial charge in [-0.3, -0.25) is 4.79 Å². The van der Waals surface area contributed by atoms with Gasteiger partial charge < -0.3 is 0 Å². The van der Waals surface area contributed by atoms with Crippen LogP contribution in [0.1, 0.15) is 6.92 Å². The lowest BCUT2D eigenvalue weighted by molar-refractivity contribution is 0.481. The number of nitriles is 1. The Kier molecular flexibility index (Phi) is 2.69. The van der Waals surface area contributed by atoms with E-state index in [1.54, 1.807) is 13.1 Å². The Hall–Kier alpha value is -1.04. The average Bonchev–Trinajstić information content (AvgIpc) is 1.72. The summed E-state index contributed by atoms with van der Waals surface area (Å²) in [6.07, 6.45) is 3.03. The van der Waals surface area contributed by atoms with Crippen molar-refractivity contribution in [2.24, 2.45) is 0 Å². The van der Waals surface area contributed by atoms with Gasteiger partial charge >= 0.3 is 6.41 Å². The quantitative estimate of drug-likeness (QED) is 0.355. The molecule has 0 unspecified atom stereocenters. The van der Waals surface area contributed by atoms with E-state index in [1.165, 1.54) is 6.41 Å². The van der Waals surface area contributed by atoms with Gasteiger partial charge in [-0.25, -0.2) is 4.90 Å². The second-order valence-corrected chi connectivity index (χ2v) is 0.936. The standard InChI is InChI=1S/C4H5N2O/c1-2-6(3-5)4-7/h2H2,1H3. The maximum absolute atomic E-state index is 9.55. The summed E-state index contributed by atoms with van der Waals surface area (Å²) in [5.41, 5.74) is 0. The molecule has 37 valence electrons. The van der Waals surface area contributed by atoms with E-state index in [0.717, 1.165) is 4.90 Å². The highest BCUT2D eigenvalue weighted by Crippen LogP contribution is 1.71. The number of hydrogen-bond donors (Lipinski definition) is 0. The normalized spacial score (nSPS) is 6.86. The Morgan fingerprint density at radius 3 is 2.43 bits per heavy atom. The van der Waals surface area contributed by atoms with Gasteiger partial charge in [0.2, 0.25) is 0 Å². The maximum atomic E-state index is 9.55. The van der Waals surface area contributed by atoms with Crippen LogP contribution in [-0.4, -0.2) is 17.9 Å². The monoisotopic (exact) mass is 97.0 g/mol. The first kappa shape index (κ1) is 5.96. The van der Waals surface area contributed by atoms with E-state index >= 15 is 0 Å². The van der Waals surface area contributed by atoms with E-state index < -0.39 is 0 Å². The zero-order chi connectivity index (χ0) is 5.70. The van der Waals surface area contributed by atoms with Crippen molar-refractivity contribution >= 4 is 6.41 Å². The van der Waals surface area contributed by atoms with Gasteiger partial charge in [0.1, 0.15) is 0 Å². The molecule has 3 heteroatoms. The van der Waals surface area contributed by atoms with Crippen LogP contribution in [0.25, 0.3) is 0 Å². The molecule has 0 N–H and O–H groups in total. The topological polar surface area (TPSA) is 44.1 Å². The molecule has 0 aromatic rings. The van der Waals surface area contributed by atoms with Gasteiger partial charge in [-0.05, 0) is 6.92 Å². The van der Waals surface area contributed by atoms with Crippen LogP contribution in [0.5, 0.6) is 0 Å². The van der Waals surface area contributed by atoms with Gasteiger partial charge in [0.15, 0.2) is 6.19 Å². The summed E-state index contributed by atoms with van der Waals surface area (Å²) >= 11 is 0. The van der Waals surface area contributed by atoms with E-state index in [4.69, 9.17) is 5.26 Å². The van der Waals surface area contributed by atoms with E-state index in [9.17, 15) is 4.79 Å². The van der Waals surface area contributed by atoms with Crippen LogP contribution in [0, 0.1) is 11.5 Å². The fourth-order valence-electron chi connectivity index (χ4n) is 0.156. The number of nitrogens with zero attached hydrogens (tertiary/aromatic N) is 2. The minimum atomic E-state index is 0.403. The first-order chi connectivity index (χ1) is 3.35. The van der Waals surface area contributed by atoms with Gasteiger partial charge in [0, 0.05) is 6.54 Å². The van der Waals surface area contributed by atoms with Gasteiger partial charge in [0.05, 0.1) is 0 Å². The van der Waals surface area contributed by atoms with Crippen LogP contribution in [0.2, 0.25) is 0 Å². The van der Waals surface area contributed by atoms with Crippen molar-refractivity contribution in [2.75, 3.05) is 6.54 Å². The summed E-state index contributed by atoms with van der Waals surface area (Å²) in [5, 5.41) is 7.94. The Morgan fingerprint density at radius 2 is 2.43 bits per heavy atom. The molecule has 1 radical (unpaired) electrons. The summed E-state index contributed by atoms with van der Waals surface area (Å²) in [4.78, 5) is 10.4. The molecule has 0 rings (SSSR count). The van der Waals surface area contributed by atoms with Crippen molar-refractivity contribution < 1.29 is 4.79 Å². The molecule has 0 aromatic heterocycles. The summed E-state index contributed by atoms with van der Waals surface area (Å²) in [7, 11) is 0. The summed E-state index contributed by atoms with van der Waals surface area (Å²) < 4.78 is 0. The molecular weight excluding hydrogens is 92.1 g/mol. The molecule has 0 saturated carbocycles. The lowest BCUT2D eigenvalue weighted by Gasteiger charge is -1.95. The van der Waals surface area contributed by atoms with E-state index in [0.29, 0.717) is 6.54 Å². The molecule has 0 aliphatic rings. The largest absolute Gasteiger partial charge is 0.326 e. The third-order valence-corrected chi connectivity index (χ3v) is 0.547. The molecule has 0 atom stereocenters. The van der Waals surface area contributed by atoms with Crippen molar-refractivity contribution in [1.82, 2.24) is 4.90 Å². The molecule has 3 nitrogen and oxygen atoms in total. The van der Waals surface area contributed by atoms with Crippen LogP contribution < -0.4 is 0 Å². The van der Waals surface area contributed by atoms with Gasteiger partial charge in [0.25, 0.3) is 0 Å². The number of amides is 1. The lowest BCUT2D eigenvalue weighted by Crippen LogP contribution is -2.13. The first-order valence-electron chi connectivity index (χ1n) is 1.90. The number of rotatable bonds is 2. The van der Waals surface area contributed by atoms with Crippen LogP contribution in [0.3, 0.4) is 0 Å². The van der Waals surface area contributed by atoms with Crippen LogP contribution in [0.15, 0.2) is 0 Å². The van der Waals surface area contributed by atoms with E-state index in [2.05, 4.69) is 0 Å². The first-order valence-corrected chi connectivity index (χ1v) is 1.90. The molecule has 1 amide bonds. The highest BCUT2D eigenvalue weighted by atomic mass is 16.1. The van der Waals surface area contributed by atoms with Gasteiger partial charge in [-0.1, -0.05) is 0 Å². The summed E-state index contributed by atoms with van der Waals surface area (Å²) in [5.74, 6) is 0. The predicted octanol–water partition coefficient (Wildman–Crippen LogP) is -0.143. The molecular formula is C4H5N2O. The molecule has 0 aliphatic carbocycles. The van der Waals surface area contributed by atoms with E-state index in [-0.39, 0.29) is 0 Å². The Labute approximate surface area is 42.1 Å². The third kappa shape index (κ3) is 1.77. The molecule has 0 fully saturated rings. The molecule has 0 aliphatic heterocycles. The van der Waals surface area contributed by atoms with Crippen LogP contribution in [0.4, 0.5) is 0 Å². The van der Waals surface area contributed by atoms with E-state index in [1.807, 2.05) is 0 Å². The molecule has 0 bridgehead atoms. The fourth-order valence-corrected chi connectivity index (χ4v) is 0.156. The van der Waals surface area contributed by atoms with Crippen molar-refractivity contribution in [3.05, 3.63) is 0 Å². The number of carbonyl (C=O) groups excluding carboxylic acids is 1. The molecule has 0 spiro atoms. The Balaban J connectivity index is 3.43. The zero-order valence-electron chi connectivity index (χ0n) is 4.01. The Morgan fingerprint density at radius 1 is 1.86 bits per heavy atom. The minimum absolute atomic E-state index is 0.403. The summed E-state index contributed by atoms with van der Waals surface area (Å²) in [6.45, 7) is 2.11. The van der Waals surface area contributed by atoms with Gasteiger partial charge in [-0.2, -0.15) is 5.26 Å². The summed E-state index contributed by atoms with van der Waals surface area (Å²) in [6, 6.07) is 0. The highest BCUT2D eigenvalue weighted by Gasteiger charge is 1.90. The Bertz CT molecular complexity index is 94.4. The van der Waals surface area contributed by atoms with Crippen molar-refractivity contribution in [2.45, 2.75) is 6.92 Å². The lowest BCUT2D eigenvalue weighted by atomic mass is 10.7. The van der Waals surface area contributed by atoms with Gasteiger partial charge in [-0.15, -0.1) is 0 Å². The maximum Gasteiger partial charge on any atom is 0.326 e. The molecule has 7 heavy (non-hydrogen) atoms. The van der Waals surface area contributed by atoms with Crippen molar-refractivity contribution in [3.63, 3.8) is 0 Å². The van der Waals surface area contributed by atoms with Crippen LogP contribution >= 0.6 is 0 Å². The SMILES string of the molecule is CCN([C]=O)C#N. The second kappa shape index (κ2) is 3.16. The molecule has 0 saturated heterocycles. The van der Waals surface area contributed by atoms with Crippen molar-refractivity contribution in [1.29, 1.82) is 5.26 Å². The fraction of sp³-hybridized carbons (Fsp3) is 0.500. The molecule has 0 heterocycles. The third-order valence-electron chi connectivity index (χ3n) is 0.547. The van der Waals surface area contributed by atoms with Crippen molar-refractivity contribution in [3.8, 4) is 6.19 Å².